The predicted octanol–water partition coefficient (Wildman–Crippen LogP) is 3.95. The lowest BCUT2D eigenvalue weighted by Gasteiger charge is -2.29. The molecule has 2 heterocycles. The van der Waals surface area contributed by atoms with Gasteiger partial charge in [0, 0.05) is 30.0 Å². The van der Waals surface area contributed by atoms with Crippen LogP contribution in [0.4, 0.5) is 0 Å². The molecular weight excluding hydrogens is 196 g/mol. The third kappa shape index (κ3) is 1.73. The van der Waals surface area contributed by atoms with Gasteiger partial charge in [0.25, 0.3) is 0 Å². The van der Waals surface area contributed by atoms with Gasteiger partial charge in [-0.05, 0) is 30.9 Å². The Bertz CT molecular complexity index is 503. The van der Waals surface area contributed by atoms with Gasteiger partial charge in [-0.1, -0.05) is 20.8 Å². The molecule has 0 N–H and O–H groups in total. The number of nitrogens with zero attached hydrogens (tertiary/aromatic N) is 2. The van der Waals surface area contributed by atoms with E-state index in [0.29, 0.717) is 6.04 Å². The first-order chi connectivity index (χ1) is 7.41. The minimum Gasteiger partial charge on any atom is -0.344 e. The Morgan fingerprint density at radius 1 is 1.31 bits per heavy atom. The monoisotopic (exact) mass is 216 g/mol. The Balaban J connectivity index is 2.62. The molecule has 0 saturated heterocycles. The van der Waals surface area contributed by atoms with Gasteiger partial charge in [0.15, 0.2) is 0 Å². The summed E-state index contributed by atoms with van der Waals surface area (Å²) in [6.07, 6.45) is 6.06. The van der Waals surface area contributed by atoms with Gasteiger partial charge >= 0.3 is 0 Å². The molecule has 0 aliphatic rings. The van der Waals surface area contributed by atoms with Crippen molar-refractivity contribution in [3.05, 3.63) is 30.2 Å². The normalized spacial score (nSPS) is 14.3. The second-order valence-corrected chi connectivity index (χ2v) is 5.65. The molecule has 2 rings (SSSR count). The van der Waals surface area contributed by atoms with Crippen molar-refractivity contribution in [2.75, 3.05) is 0 Å². The van der Waals surface area contributed by atoms with Crippen LogP contribution in [0, 0.1) is 12.3 Å². The molecule has 0 aliphatic heterocycles. The van der Waals surface area contributed by atoms with Gasteiger partial charge in [0.1, 0.15) is 0 Å². The highest BCUT2D eigenvalue weighted by Crippen LogP contribution is 2.33. The summed E-state index contributed by atoms with van der Waals surface area (Å²) in [7, 11) is 0. The summed E-state index contributed by atoms with van der Waals surface area (Å²) >= 11 is 0. The molecule has 2 heteroatoms. The highest BCUT2D eigenvalue weighted by molar-refractivity contribution is 5.82. The van der Waals surface area contributed by atoms with Crippen LogP contribution >= 0.6 is 0 Å². The zero-order chi connectivity index (χ0) is 11.9. The third-order valence-corrected chi connectivity index (χ3v) is 3.50. The molecule has 2 nitrogen and oxygen atoms in total. The summed E-state index contributed by atoms with van der Waals surface area (Å²) in [5.41, 5.74) is 2.86. The Kier molecular flexibility index (Phi) is 2.53. The van der Waals surface area contributed by atoms with Crippen LogP contribution in [0.3, 0.4) is 0 Å². The maximum absolute atomic E-state index is 4.20. The summed E-state index contributed by atoms with van der Waals surface area (Å²) in [5.74, 6) is 0. The first-order valence-corrected chi connectivity index (χ1v) is 5.82. The van der Waals surface area contributed by atoms with Gasteiger partial charge in [0.05, 0.1) is 5.52 Å². The van der Waals surface area contributed by atoms with Gasteiger partial charge in [-0.25, -0.2) is 0 Å². The van der Waals surface area contributed by atoms with Crippen molar-refractivity contribution >= 4 is 10.9 Å². The zero-order valence-corrected chi connectivity index (χ0v) is 10.8. The number of hydrogen-bond donors (Lipinski definition) is 0. The molecule has 0 saturated carbocycles. The smallest absolute Gasteiger partial charge is 0.0516 e. The van der Waals surface area contributed by atoms with Crippen LogP contribution in [0.15, 0.2) is 24.7 Å². The second kappa shape index (κ2) is 3.62. The van der Waals surface area contributed by atoms with Crippen molar-refractivity contribution in [1.29, 1.82) is 0 Å². The molecule has 1 unspecified atom stereocenters. The molecule has 16 heavy (non-hydrogen) atoms. The predicted molar refractivity (Wildman–Crippen MR) is 68.6 cm³/mol. The van der Waals surface area contributed by atoms with E-state index in [1.807, 2.05) is 12.4 Å². The van der Waals surface area contributed by atoms with Crippen LogP contribution in [0.1, 0.15) is 39.3 Å². The molecule has 0 fully saturated rings. The molecule has 0 aliphatic carbocycles. The van der Waals surface area contributed by atoms with Gasteiger partial charge in [-0.2, -0.15) is 0 Å². The minimum atomic E-state index is 0.266. The molecule has 86 valence electrons. The number of pyridine rings is 1. The van der Waals surface area contributed by atoms with Crippen molar-refractivity contribution in [2.24, 2.45) is 5.41 Å². The number of hydrogen-bond acceptors (Lipinski definition) is 1. The van der Waals surface area contributed by atoms with E-state index in [1.54, 1.807) is 0 Å². The third-order valence-electron chi connectivity index (χ3n) is 3.50. The van der Waals surface area contributed by atoms with Crippen LogP contribution in [0.5, 0.6) is 0 Å². The molecule has 0 radical (unpaired) electrons. The van der Waals surface area contributed by atoms with Crippen molar-refractivity contribution in [1.82, 2.24) is 9.55 Å². The van der Waals surface area contributed by atoms with E-state index < -0.39 is 0 Å². The molecule has 2 aromatic heterocycles. The Labute approximate surface area is 97.3 Å². The molecule has 0 aromatic carbocycles. The molecule has 0 bridgehead atoms. The van der Waals surface area contributed by atoms with Crippen LogP contribution in [-0.2, 0) is 0 Å². The van der Waals surface area contributed by atoms with Crippen LogP contribution in [0.2, 0.25) is 0 Å². The number of aromatic nitrogens is 2. The van der Waals surface area contributed by atoms with Crippen molar-refractivity contribution in [3.63, 3.8) is 0 Å². The maximum Gasteiger partial charge on any atom is 0.0516 e. The lowest BCUT2D eigenvalue weighted by atomic mass is 9.88. The minimum absolute atomic E-state index is 0.266. The van der Waals surface area contributed by atoms with Crippen molar-refractivity contribution < 1.29 is 0 Å². The van der Waals surface area contributed by atoms with E-state index in [4.69, 9.17) is 0 Å². The lowest BCUT2D eigenvalue weighted by Crippen LogP contribution is -2.20. The molecular formula is C14H20N2. The van der Waals surface area contributed by atoms with Crippen LogP contribution in [0.25, 0.3) is 10.9 Å². The van der Waals surface area contributed by atoms with Crippen LogP contribution < -0.4 is 0 Å². The average Bonchev–Trinajstić information content (AvgIpc) is 2.55. The highest BCUT2D eigenvalue weighted by Gasteiger charge is 2.23. The van der Waals surface area contributed by atoms with E-state index in [2.05, 4.69) is 56.4 Å². The zero-order valence-electron chi connectivity index (χ0n) is 10.8. The fourth-order valence-corrected chi connectivity index (χ4v) is 2.00. The van der Waals surface area contributed by atoms with Gasteiger partial charge in [-0.3, -0.25) is 4.98 Å². The second-order valence-electron chi connectivity index (χ2n) is 5.65. The number of rotatable bonds is 1. The summed E-state index contributed by atoms with van der Waals surface area (Å²) in [6.45, 7) is 11.3. The largest absolute Gasteiger partial charge is 0.344 e. The van der Waals surface area contributed by atoms with E-state index in [1.165, 1.54) is 16.5 Å². The van der Waals surface area contributed by atoms with Crippen molar-refractivity contribution in [3.8, 4) is 0 Å². The Hall–Kier alpha value is -1.31. The van der Waals surface area contributed by atoms with E-state index in [0.717, 1.165) is 0 Å². The van der Waals surface area contributed by atoms with E-state index in [-0.39, 0.29) is 5.41 Å². The topological polar surface area (TPSA) is 17.8 Å². The van der Waals surface area contributed by atoms with Crippen molar-refractivity contribution in [2.45, 2.75) is 40.7 Å². The quantitative estimate of drug-likeness (QED) is 0.705. The maximum atomic E-state index is 4.20. The molecule has 0 amide bonds. The van der Waals surface area contributed by atoms with Gasteiger partial charge in [-0.15, -0.1) is 0 Å². The van der Waals surface area contributed by atoms with Gasteiger partial charge in [0.2, 0.25) is 0 Å². The van der Waals surface area contributed by atoms with E-state index in [9.17, 15) is 0 Å². The number of fused-ring (bicyclic) bond motifs is 1. The fourth-order valence-electron chi connectivity index (χ4n) is 2.00. The first kappa shape index (κ1) is 11.2. The summed E-state index contributed by atoms with van der Waals surface area (Å²) in [6, 6.07) is 2.58. The van der Waals surface area contributed by atoms with Crippen LogP contribution in [-0.4, -0.2) is 9.55 Å². The summed E-state index contributed by atoms with van der Waals surface area (Å²) < 4.78 is 2.37. The first-order valence-electron chi connectivity index (χ1n) is 5.82. The molecule has 0 spiro atoms. The molecule has 1 atom stereocenters. The Morgan fingerprint density at radius 3 is 2.62 bits per heavy atom. The summed E-state index contributed by atoms with van der Waals surface area (Å²) in [4.78, 5) is 4.20. The fraction of sp³-hybridized carbons (Fsp3) is 0.500. The Morgan fingerprint density at radius 2 is 2.00 bits per heavy atom. The van der Waals surface area contributed by atoms with E-state index >= 15 is 0 Å². The average molecular weight is 216 g/mol. The lowest BCUT2D eigenvalue weighted by molar-refractivity contribution is 0.268. The standard InChI is InChI=1S/C14H20N2/c1-10-9-16(11(2)14(3,4)5)13-6-7-15-8-12(10)13/h6-9,11H,1-5H3. The highest BCUT2D eigenvalue weighted by atomic mass is 15.0. The molecule has 2 aromatic rings. The number of aryl methyl sites for hydroxylation is 1. The summed E-state index contributed by atoms with van der Waals surface area (Å²) in [5, 5.41) is 1.26. The van der Waals surface area contributed by atoms with Gasteiger partial charge < -0.3 is 4.57 Å². The SMILES string of the molecule is Cc1cn(C(C)C(C)(C)C)c2ccncc12.